The molecule has 0 radical (unpaired) electrons. The maximum atomic E-state index is 2.51. The average Bonchev–Trinajstić information content (AvgIpc) is 3.92. The maximum Gasteiger partial charge on any atom is 0.0713 e. The summed E-state index contributed by atoms with van der Waals surface area (Å²) in [4.78, 5) is 2.51. The summed E-state index contributed by atoms with van der Waals surface area (Å²) in [6.07, 6.45) is 0. The van der Waals surface area contributed by atoms with Gasteiger partial charge in [-0.05, 0) is 96.6 Å². The Bertz CT molecular complexity index is 3710. The molecule has 0 bridgehead atoms. The van der Waals surface area contributed by atoms with Crippen LogP contribution in [0.4, 0.5) is 17.1 Å². The third-order valence-electron chi connectivity index (χ3n) is 13.8. The van der Waals surface area contributed by atoms with Crippen LogP contribution in [0.25, 0.3) is 75.1 Å². The first kappa shape index (κ1) is 37.5. The molecule has 0 fully saturated rings. The van der Waals surface area contributed by atoms with Crippen LogP contribution < -0.4 is 4.90 Å². The van der Waals surface area contributed by atoms with Gasteiger partial charge in [-0.2, -0.15) is 0 Å². The number of nitrogens with zero attached hydrogens (tertiary/aromatic N) is 1. The Labute approximate surface area is 382 Å². The second-order valence-electron chi connectivity index (χ2n) is 17.1. The van der Waals surface area contributed by atoms with Gasteiger partial charge in [0.15, 0.2) is 0 Å². The number of fused-ring (bicyclic) bond motifs is 9. The zero-order valence-electron chi connectivity index (χ0n) is 35.5. The van der Waals surface area contributed by atoms with E-state index in [1.807, 2.05) is 11.3 Å². The van der Waals surface area contributed by atoms with Gasteiger partial charge in [0.2, 0.25) is 0 Å². The van der Waals surface area contributed by atoms with E-state index in [0.717, 1.165) is 17.1 Å². The Hall–Kier alpha value is -8.04. The molecule has 1 nitrogen and oxygen atoms in total. The van der Waals surface area contributed by atoms with Gasteiger partial charge in [-0.15, -0.1) is 11.3 Å². The summed E-state index contributed by atoms with van der Waals surface area (Å²) in [5, 5.41) is 7.53. The highest BCUT2D eigenvalue weighted by Gasteiger charge is 2.45. The summed E-state index contributed by atoms with van der Waals surface area (Å²) < 4.78 is 2.64. The van der Waals surface area contributed by atoms with E-state index in [2.05, 4.69) is 254 Å². The molecule has 1 aromatic heterocycles. The van der Waals surface area contributed by atoms with E-state index >= 15 is 0 Å². The van der Waals surface area contributed by atoms with Crippen molar-refractivity contribution in [1.82, 2.24) is 0 Å². The Morgan fingerprint density at radius 1 is 0.308 bits per heavy atom. The van der Waals surface area contributed by atoms with Gasteiger partial charge in [-0.1, -0.05) is 218 Å². The van der Waals surface area contributed by atoms with Gasteiger partial charge in [0.1, 0.15) is 0 Å². The van der Waals surface area contributed by atoms with Crippen LogP contribution in [0.1, 0.15) is 22.3 Å². The molecular formula is C63H41NS. The number of hydrogen-bond acceptors (Lipinski definition) is 2. The average molecular weight is 844 g/mol. The molecule has 0 atom stereocenters. The minimum Gasteiger partial charge on any atom is -0.309 e. The third-order valence-corrected chi connectivity index (χ3v) is 15.0. The topological polar surface area (TPSA) is 3.24 Å². The van der Waals surface area contributed by atoms with E-state index in [-0.39, 0.29) is 0 Å². The lowest BCUT2D eigenvalue weighted by Crippen LogP contribution is -2.28. The van der Waals surface area contributed by atoms with Crippen molar-refractivity contribution in [2.24, 2.45) is 0 Å². The van der Waals surface area contributed by atoms with E-state index in [1.54, 1.807) is 0 Å². The van der Waals surface area contributed by atoms with Crippen LogP contribution in [0.3, 0.4) is 0 Å². The fourth-order valence-corrected chi connectivity index (χ4v) is 12.2. The predicted molar refractivity (Wildman–Crippen MR) is 277 cm³/mol. The molecule has 0 saturated heterocycles. The molecule has 1 aliphatic carbocycles. The quantitative estimate of drug-likeness (QED) is 0.145. The van der Waals surface area contributed by atoms with Crippen LogP contribution in [0, 0.1) is 0 Å². The van der Waals surface area contributed by atoms with E-state index < -0.39 is 5.41 Å². The van der Waals surface area contributed by atoms with Crippen LogP contribution >= 0.6 is 11.3 Å². The van der Waals surface area contributed by atoms with Crippen molar-refractivity contribution in [3.63, 3.8) is 0 Å². The van der Waals surface area contributed by atoms with Crippen LogP contribution in [0.15, 0.2) is 249 Å². The van der Waals surface area contributed by atoms with Crippen molar-refractivity contribution in [2.45, 2.75) is 5.41 Å². The van der Waals surface area contributed by atoms with Crippen molar-refractivity contribution >= 4 is 70.1 Å². The lowest BCUT2D eigenvalue weighted by molar-refractivity contribution is 0.768. The molecule has 0 saturated carbocycles. The van der Waals surface area contributed by atoms with E-state index in [4.69, 9.17) is 0 Å². The summed E-state index contributed by atoms with van der Waals surface area (Å²) in [5.41, 5.74) is 15.4. The van der Waals surface area contributed by atoms with Gasteiger partial charge in [0, 0.05) is 42.5 Å². The normalized spacial score (nSPS) is 12.7. The molecule has 1 heterocycles. The lowest BCUT2D eigenvalue weighted by atomic mass is 9.67. The van der Waals surface area contributed by atoms with E-state index in [9.17, 15) is 0 Å². The summed E-state index contributed by atoms with van der Waals surface area (Å²) in [6, 6.07) is 92.1. The number of hydrogen-bond donors (Lipinski definition) is 0. The fourth-order valence-electron chi connectivity index (χ4n) is 11.0. The first-order valence-corrected chi connectivity index (χ1v) is 23.2. The molecule has 0 amide bonds. The number of benzene rings is 11. The molecule has 13 rings (SSSR count). The van der Waals surface area contributed by atoms with Crippen molar-refractivity contribution in [3.05, 3.63) is 271 Å². The minimum atomic E-state index is -0.488. The highest BCUT2D eigenvalue weighted by Crippen LogP contribution is 2.57. The van der Waals surface area contributed by atoms with Crippen LogP contribution in [0.5, 0.6) is 0 Å². The summed E-state index contributed by atoms with van der Waals surface area (Å²) in [7, 11) is 0. The highest BCUT2D eigenvalue weighted by molar-refractivity contribution is 7.26. The second-order valence-corrected chi connectivity index (χ2v) is 18.1. The van der Waals surface area contributed by atoms with E-state index in [0.29, 0.717) is 0 Å². The zero-order chi connectivity index (χ0) is 42.9. The van der Waals surface area contributed by atoms with E-state index in [1.165, 1.54) is 97.4 Å². The Balaban J connectivity index is 1.06. The zero-order valence-corrected chi connectivity index (χ0v) is 36.3. The van der Waals surface area contributed by atoms with Gasteiger partial charge in [0.25, 0.3) is 0 Å². The van der Waals surface area contributed by atoms with Crippen LogP contribution in [-0.2, 0) is 5.41 Å². The summed E-state index contributed by atoms with van der Waals surface area (Å²) in [5.74, 6) is 0. The predicted octanol–water partition coefficient (Wildman–Crippen LogP) is 17.5. The lowest BCUT2D eigenvalue weighted by Gasteiger charge is -2.35. The Morgan fingerprint density at radius 2 is 0.785 bits per heavy atom. The Kier molecular flexibility index (Phi) is 8.69. The molecular weight excluding hydrogens is 803 g/mol. The molecule has 65 heavy (non-hydrogen) atoms. The summed E-state index contributed by atoms with van der Waals surface area (Å²) >= 11 is 1.88. The van der Waals surface area contributed by atoms with Gasteiger partial charge >= 0.3 is 0 Å². The fraction of sp³-hybridized carbons (Fsp3) is 0.0159. The van der Waals surface area contributed by atoms with Crippen molar-refractivity contribution in [3.8, 4) is 33.4 Å². The third kappa shape index (κ3) is 5.71. The largest absolute Gasteiger partial charge is 0.309 e. The molecule has 0 unspecified atom stereocenters. The first-order valence-electron chi connectivity index (χ1n) is 22.4. The van der Waals surface area contributed by atoms with Gasteiger partial charge < -0.3 is 4.90 Å². The van der Waals surface area contributed by atoms with Crippen molar-refractivity contribution in [1.29, 1.82) is 0 Å². The summed E-state index contributed by atoms with van der Waals surface area (Å²) in [6.45, 7) is 0. The smallest absolute Gasteiger partial charge is 0.0713 e. The molecule has 304 valence electrons. The van der Waals surface area contributed by atoms with Crippen molar-refractivity contribution < 1.29 is 0 Å². The molecule has 12 aromatic rings. The molecule has 0 aliphatic heterocycles. The first-order chi connectivity index (χ1) is 32.3. The molecule has 1 aliphatic rings. The minimum absolute atomic E-state index is 0.488. The monoisotopic (exact) mass is 843 g/mol. The van der Waals surface area contributed by atoms with Gasteiger partial charge in [-0.25, -0.2) is 0 Å². The molecule has 2 heteroatoms. The van der Waals surface area contributed by atoms with Crippen LogP contribution in [0.2, 0.25) is 0 Å². The molecule has 11 aromatic carbocycles. The standard InChI is InChI=1S/C63H41NS/c1-3-18-43(19-4-1)60-54-27-9-7-22-49(54)50-23-8-10-28-55(50)61(60)64(46-38-34-42(35-39-46)48-29-17-30-56-53-26-13-16-33-59(53)65-62(48)56)47-40-36-45(37-41-47)63(44-20-5-2-6-21-44)57-31-14-11-24-51(57)52-25-12-15-32-58(52)63/h1-41H. The van der Waals surface area contributed by atoms with Gasteiger partial charge in [0.05, 0.1) is 11.1 Å². The number of thiophene rings is 1. The maximum absolute atomic E-state index is 2.51. The number of anilines is 3. The molecule has 0 spiro atoms. The SMILES string of the molecule is c1ccc(-c2c(N(c3ccc(-c4cccc5c4sc4ccccc45)cc3)c3ccc(C4(c5ccccc5)c5ccccc5-c5ccccc54)cc3)c3ccccc3c3ccccc23)cc1. The highest BCUT2D eigenvalue weighted by atomic mass is 32.1. The number of rotatable bonds is 7. The van der Waals surface area contributed by atoms with Gasteiger partial charge in [-0.3, -0.25) is 0 Å². The molecule has 0 N–H and O–H groups in total. The Morgan fingerprint density at radius 3 is 1.46 bits per heavy atom. The van der Waals surface area contributed by atoms with Crippen LogP contribution in [-0.4, -0.2) is 0 Å². The van der Waals surface area contributed by atoms with Crippen molar-refractivity contribution in [2.75, 3.05) is 4.90 Å². The second kappa shape index (κ2) is 15.1.